The van der Waals surface area contributed by atoms with Crippen LogP contribution < -0.4 is 11.5 Å². The third-order valence-corrected chi connectivity index (χ3v) is 2.38. The van der Waals surface area contributed by atoms with E-state index in [0.29, 0.717) is 16.9 Å². The van der Waals surface area contributed by atoms with E-state index in [0.717, 1.165) is 0 Å². The molecule has 5 heteroatoms. The van der Waals surface area contributed by atoms with Crippen molar-refractivity contribution in [3.63, 3.8) is 0 Å². The van der Waals surface area contributed by atoms with Gasteiger partial charge in [-0.25, -0.2) is 0 Å². The molecule has 0 saturated heterocycles. The summed E-state index contributed by atoms with van der Waals surface area (Å²) in [7, 11) is 0. The minimum Gasteiger partial charge on any atom is -0.397 e. The zero-order valence-electron chi connectivity index (χ0n) is 7.59. The second-order valence-electron chi connectivity index (χ2n) is 3.08. The highest BCUT2D eigenvalue weighted by atomic mass is 32.1. The number of hydrogen-bond acceptors (Lipinski definition) is 5. The first-order valence-corrected chi connectivity index (χ1v) is 4.81. The molecule has 6 N–H and O–H groups in total. The summed E-state index contributed by atoms with van der Waals surface area (Å²) in [6.07, 6.45) is -1.88. The van der Waals surface area contributed by atoms with E-state index in [9.17, 15) is 10.2 Å². The molecule has 0 radical (unpaired) electrons. The van der Waals surface area contributed by atoms with Gasteiger partial charge in [-0.15, -0.1) is 0 Å². The van der Waals surface area contributed by atoms with Crippen LogP contribution in [0, 0.1) is 0 Å². The molecule has 0 amide bonds. The fourth-order valence-corrected chi connectivity index (χ4v) is 1.30. The molecule has 1 rings (SSSR count). The van der Waals surface area contributed by atoms with Crippen LogP contribution in [0.5, 0.6) is 0 Å². The molecule has 1 aromatic rings. The Morgan fingerprint density at radius 2 is 1.86 bits per heavy atom. The Bertz CT molecular complexity index is 320. The first-order valence-electron chi connectivity index (χ1n) is 4.18. The molecule has 2 unspecified atom stereocenters. The Kier molecular flexibility index (Phi) is 3.62. The van der Waals surface area contributed by atoms with Crippen molar-refractivity contribution >= 4 is 24.0 Å². The van der Waals surface area contributed by atoms with Crippen LogP contribution in [0.1, 0.15) is 11.7 Å². The van der Waals surface area contributed by atoms with E-state index < -0.39 is 12.2 Å². The van der Waals surface area contributed by atoms with Crippen molar-refractivity contribution in [2.45, 2.75) is 12.2 Å². The van der Waals surface area contributed by atoms with E-state index in [2.05, 4.69) is 12.6 Å². The van der Waals surface area contributed by atoms with Crippen LogP contribution in [0.25, 0.3) is 0 Å². The summed E-state index contributed by atoms with van der Waals surface area (Å²) in [5.74, 6) is 0.186. The number of nitrogen functional groups attached to an aromatic ring is 2. The Balaban J connectivity index is 2.91. The van der Waals surface area contributed by atoms with Gasteiger partial charge >= 0.3 is 0 Å². The predicted molar refractivity (Wildman–Crippen MR) is 60.1 cm³/mol. The molecule has 0 fully saturated rings. The maximum absolute atomic E-state index is 9.61. The molecule has 0 aliphatic rings. The van der Waals surface area contributed by atoms with Crippen molar-refractivity contribution < 1.29 is 10.2 Å². The second kappa shape index (κ2) is 4.54. The van der Waals surface area contributed by atoms with Crippen molar-refractivity contribution in [1.29, 1.82) is 0 Å². The van der Waals surface area contributed by atoms with Gasteiger partial charge < -0.3 is 21.7 Å². The molecule has 0 aliphatic heterocycles. The van der Waals surface area contributed by atoms with E-state index in [1.807, 2.05) is 0 Å². The Labute approximate surface area is 87.9 Å². The molecule has 14 heavy (non-hydrogen) atoms. The van der Waals surface area contributed by atoms with Crippen molar-refractivity contribution in [2.24, 2.45) is 0 Å². The molecule has 1 aromatic carbocycles. The topological polar surface area (TPSA) is 92.5 Å². The van der Waals surface area contributed by atoms with Crippen LogP contribution in [0.4, 0.5) is 11.4 Å². The third-order valence-electron chi connectivity index (χ3n) is 2.00. The normalized spacial score (nSPS) is 15.1. The lowest BCUT2D eigenvalue weighted by Crippen LogP contribution is -2.19. The van der Waals surface area contributed by atoms with Crippen LogP contribution in [0.3, 0.4) is 0 Å². The molecule has 2 atom stereocenters. The maximum atomic E-state index is 9.61. The molecule has 0 heterocycles. The summed E-state index contributed by atoms with van der Waals surface area (Å²) in [6, 6.07) is 4.77. The molecule has 0 aliphatic carbocycles. The molecule has 0 aromatic heterocycles. The van der Waals surface area contributed by atoms with E-state index in [1.54, 1.807) is 18.2 Å². The van der Waals surface area contributed by atoms with Gasteiger partial charge in [0.25, 0.3) is 0 Å². The predicted octanol–water partition coefficient (Wildman–Crippen LogP) is 0.175. The van der Waals surface area contributed by atoms with Gasteiger partial charge in [0, 0.05) is 5.75 Å². The van der Waals surface area contributed by atoms with Crippen LogP contribution in [-0.4, -0.2) is 22.1 Å². The van der Waals surface area contributed by atoms with Gasteiger partial charge in [-0.2, -0.15) is 12.6 Å². The van der Waals surface area contributed by atoms with Crippen LogP contribution in [0.15, 0.2) is 18.2 Å². The van der Waals surface area contributed by atoms with Crippen LogP contribution in [-0.2, 0) is 0 Å². The molecule has 0 spiro atoms. The Morgan fingerprint density at radius 3 is 2.36 bits per heavy atom. The van der Waals surface area contributed by atoms with Crippen molar-refractivity contribution in [1.82, 2.24) is 0 Å². The number of hydrogen-bond donors (Lipinski definition) is 5. The van der Waals surface area contributed by atoms with Crippen LogP contribution >= 0.6 is 12.6 Å². The number of anilines is 2. The molecular formula is C9H14N2O2S. The van der Waals surface area contributed by atoms with Gasteiger partial charge in [0.2, 0.25) is 0 Å². The lowest BCUT2D eigenvalue weighted by atomic mass is 10.0. The number of aliphatic hydroxyl groups is 2. The van der Waals surface area contributed by atoms with Gasteiger partial charge in [0.05, 0.1) is 17.5 Å². The van der Waals surface area contributed by atoms with Crippen molar-refractivity contribution in [3.05, 3.63) is 23.8 Å². The summed E-state index contributed by atoms with van der Waals surface area (Å²) >= 11 is 3.89. The van der Waals surface area contributed by atoms with Gasteiger partial charge in [0.1, 0.15) is 6.10 Å². The minimum atomic E-state index is -0.976. The van der Waals surface area contributed by atoms with E-state index >= 15 is 0 Å². The Hall–Kier alpha value is -0.910. The lowest BCUT2D eigenvalue weighted by molar-refractivity contribution is 0.0338. The average Bonchev–Trinajstić information content (AvgIpc) is 2.20. The quantitative estimate of drug-likeness (QED) is 0.366. The summed E-state index contributed by atoms with van der Waals surface area (Å²) in [5, 5.41) is 19.0. The fourth-order valence-electron chi connectivity index (χ4n) is 1.10. The van der Waals surface area contributed by atoms with E-state index in [-0.39, 0.29) is 5.75 Å². The molecule has 4 nitrogen and oxygen atoms in total. The van der Waals surface area contributed by atoms with Crippen molar-refractivity contribution in [3.8, 4) is 0 Å². The van der Waals surface area contributed by atoms with Crippen molar-refractivity contribution in [2.75, 3.05) is 17.2 Å². The first kappa shape index (κ1) is 11.2. The van der Waals surface area contributed by atoms with Gasteiger partial charge in [0.15, 0.2) is 0 Å². The smallest absolute Gasteiger partial charge is 0.106 e. The summed E-state index contributed by atoms with van der Waals surface area (Å²) < 4.78 is 0. The standard InChI is InChI=1S/C9H14N2O2S/c10-6-2-1-5(3-7(6)11)9(13)8(12)4-14/h1-3,8-9,12-14H,4,10-11H2. The highest BCUT2D eigenvalue weighted by molar-refractivity contribution is 7.80. The molecule has 0 bridgehead atoms. The average molecular weight is 214 g/mol. The van der Waals surface area contributed by atoms with Gasteiger partial charge in [-0.05, 0) is 17.7 Å². The largest absolute Gasteiger partial charge is 0.397 e. The fraction of sp³-hybridized carbons (Fsp3) is 0.333. The van der Waals surface area contributed by atoms with E-state index in [1.165, 1.54) is 0 Å². The maximum Gasteiger partial charge on any atom is 0.106 e. The number of aliphatic hydroxyl groups excluding tert-OH is 2. The number of nitrogens with two attached hydrogens (primary N) is 2. The molecule has 78 valence electrons. The van der Waals surface area contributed by atoms with E-state index in [4.69, 9.17) is 11.5 Å². The number of thiol groups is 1. The first-order chi connectivity index (χ1) is 6.56. The highest BCUT2D eigenvalue weighted by Gasteiger charge is 2.17. The highest BCUT2D eigenvalue weighted by Crippen LogP contribution is 2.23. The number of benzene rings is 1. The molecular weight excluding hydrogens is 200 g/mol. The summed E-state index contributed by atoms with van der Waals surface area (Å²) in [4.78, 5) is 0. The molecule has 0 saturated carbocycles. The Morgan fingerprint density at radius 1 is 1.21 bits per heavy atom. The number of rotatable bonds is 3. The zero-order chi connectivity index (χ0) is 10.7. The summed E-state index contributed by atoms with van der Waals surface area (Å²) in [5.41, 5.74) is 12.5. The second-order valence-corrected chi connectivity index (χ2v) is 3.45. The monoisotopic (exact) mass is 214 g/mol. The third kappa shape index (κ3) is 2.31. The SMILES string of the molecule is Nc1ccc(C(O)C(O)CS)cc1N. The zero-order valence-corrected chi connectivity index (χ0v) is 8.48. The van der Waals surface area contributed by atoms with Gasteiger partial charge in [-0.3, -0.25) is 0 Å². The van der Waals surface area contributed by atoms with Gasteiger partial charge in [-0.1, -0.05) is 6.07 Å². The minimum absolute atomic E-state index is 0.186. The van der Waals surface area contributed by atoms with Crippen LogP contribution in [0.2, 0.25) is 0 Å². The summed E-state index contributed by atoms with van der Waals surface area (Å²) in [6.45, 7) is 0. The lowest BCUT2D eigenvalue weighted by Gasteiger charge is -2.16.